The van der Waals surface area contributed by atoms with Crippen LogP contribution in [0.25, 0.3) is 0 Å². The van der Waals surface area contributed by atoms with Gasteiger partial charge in [-0.3, -0.25) is 14.5 Å². The van der Waals surface area contributed by atoms with E-state index in [0.29, 0.717) is 6.54 Å². The van der Waals surface area contributed by atoms with Crippen molar-refractivity contribution in [1.29, 1.82) is 0 Å². The van der Waals surface area contributed by atoms with Gasteiger partial charge in [0.2, 0.25) is 0 Å². The van der Waals surface area contributed by atoms with Crippen LogP contribution >= 0.6 is 0 Å². The van der Waals surface area contributed by atoms with Crippen LogP contribution in [0.15, 0.2) is 18.2 Å². The molecular weight excluding hydrogens is 209 g/mol. The normalized spacial score (nSPS) is 14.5. The van der Waals surface area contributed by atoms with Crippen LogP contribution in [0.2, 0.25) is 0 Å². The molecule has 1 aromatic carbocycles. The van der Waals surface area contributed by atoms with Crippen molar-refractivity contribution in [3.8, 4) is 0 Å². The van der Waals surface area contributed by atoms with Crippen LogP contribution < -0.4 is 0 Å². The number of fused-ring (bicyclic) bond motifs is 1. The molecule has 2 amide bonds. The smallest absolute Gasteiger partial charge is 0.264 e. The van der Waals surface area contributed by atoms with Crippen molar-refractivity contribution in [3.05, 3.63) is 35.1 Å². The number of rotatable bonds is 3. The Morgan fingerprint density at radius 1 is 1.25 bits per heavy atom. The molecule has 0 aliphatic carbocycles. The van der Waals surface area contributed by atoms with Crippen molar-refractivity contribution >= 4 is 11.8 Å². The van der Waals surface area contributed by atoms with E-state index in [1.54, 1.807) is 0 Å². The third kappa shape index (κ3) is 1.50. The van der Waals surface area contributed by atoms with Gasteiger partial charge in [-0.15, -0.1) is 0 Å². The quantitative estimate of drug-likeness (QED) is 0.734. The van der Waals surface area contributed by atoms with Gasteiger partial charge in [0.25, 0.3) is 11.8 Å². The van der Waals surface area contributed by atoms with Crippen molar-refractivity contribution in [2.45, 2.75) is 19.8 Å². The first-order chi connectivity index (χ1) is 7.66. The van der Waals surface area contributed by atoms with Crippen molar-refractivity contribution in [3.63, 3.8) is 0 Å². The summed E-state index contributed by atoms with van der Waals surface area (Å²) in [5.74, 6) is -1.51. The molecule has 1 aliphatic heterocycles. The van der Waals surface area contributed by atoms with Gasteiger partial charge in [0.15, 0.2) is 0 Å². The first-order valence-electron chi connectivity index (χ1n) is 5.31. The van der Waals surface area contributed by atoms with Gasteiger partial charge < -0.3 is 0 Å². The first kappa shape index (κ1) is 10.8. The largest absolute Gasteiger partial charge is 0.274 e. The van der Waals surface area contributed by atoms with Gasteiger partial charge in [-0.1, -0.05) is 19.4 Å². The van der Waals surface area contributed by atoms with Gasteiger partial charge in [0.1, 0.15) is 5.82 Å². The monoisotopic (exact) mass is 221 g/mol. The fourth-order valence-corrected chi connectivity index (χ4v) is 1.81. The molecule has 0 atom stereocenters. The van der Waals surface area contributed by atoms with E-state index in [4.69, 9.17) is 0 Å². The summed E-state index contributed by atoms with van der Waals surface area (Å²) < 4.78 is 13.4. The van der Waals surface area contributed by atoms with E-state index in [2.05, 4.69) is 0 Å². The highest BCUT2D eigenvalue weighted by atomic mass is 19.1. The molecule has 0 bridgehead atoms. The Morgan fingerprint density at radius 2 is 2.00 bits per heavy atom. The Labute approximate surface area is 92.9 Å². The summed E-state index contributed by atoms with van der Waals surface area (Å²) in [6.45, 7) is 2.33. The van der Waals surface area contributed by atoms with E-state index < -0.39 is 11.7 Å². The minimum Gasteiger partial charge on any atom is -0.274 e. The maximum Gasteiger partial charge on any atom is 0.264 e. The number of carbonyl (C=O) groups excluding carboxylic acids is 2. The number of benzene rings is 1. The maximum absolute atomic E-state index is 13.4. The molecule has 84 valence electrons. The van der Waals surface area contributed by atoms with Crippen LogP contribution in [-0.2, 0) is 0 Å². The van der Waals surface area contributed by atoms with Gasteiger partial charge in [-0.2, -0.15) is 0 Å². The summed E-state index contributed by atoms with van der Waals surface area (Å²) in [5, 5.41) is 0. The third-order valence-electron chi connectivity index (χ3n) is 2.68. The summed E-state index contributed by atoms with van der Waals surface area (Å²) in [6.07, 6.45) is 1.63. The Hall–Kier alpha value is -1.71. The lowest BCUT2D eigenvalue weighted by Gasteiger charge is -2.12. The minimum absolute atomic E-state index is 0.0800. The molecule has 0 fully saturated rings. The first-order valence-corrected chi connectivity index (χ1v) is 5.31. The summed E-state index contributed by atoms with van der Waals surface area (Å²) in [7, 11) is 0. The summed E-state index contributed by atoms with van der Waals surface area (Å²) >= 11 is 0. The van der Waals surface area contributed by atoms with E-state index in [9.17, 15) is 14.0 Å². The standard InChI is InChI=1S/C12H12FNO2/c1-2-3-7-14-11(15)8-5-4-6-9(13)10(8)12(14)16/h4-6H,2-3,7H2,1H3. The fraction of sp³-hybridized carbons (Fsp3) is 0.333. The molecule has 0 radical (unpaired) electrons. The Morgan fingerprint density at radius 3 is 2.62 bits per heavy atom. The molecule has 0 unspecified atom stereocenters. The number of carbonyl (C=O) groups is 2. The number of hydrogen-bond donors (Lipinski definition) is 0. The lowest BCUT2D eigenvalue weighted by atomic mass is 10.1. The molecule has 0 saturated heterocycles. The number of amides is 2. The number of halogens is 1. The van der Waals surface area contributed by atoms with E-state index in [0.717, 1.165) is 17.7 Å². The zero-order valence-corrected chi connectivity index (χ0v) is 9.00. The van der Waals surface area contributed by atoms with Crippen molar-refractivity contribution in [1.82, 2.24) is 4.90 Å². The topological polar surface area (TPSA) is 37.4 Å². The van der Waals surface area contributed by atoms with Gasteiger partial charge >= 0.3 is 0 Å². The molecule has 1 heterocycles. The van der Waals surface area contributed by atoms with E-state index >= 15 is 0 Å². The number of imide groups is 1. The molecule has 0 spiro atoms. The lowest BCUT2D eigenvalue weighted by molar-refractivity contribution is 0.0651. The molecule has 4 heteroatoms. The van der Waals surface area contributed by atoms with Gasteiger partial charge in [-0.05, 0) is 18.6 Å². The average molecular weight is 221 g/mol. The lowest BCUT2D eigenvalue weighted by Crippen LogP contribution is -2.30. The number of unbranched alkanes of at least 4 members (excludes halogenated alkanes) is 1. The number of nitrogens with zero attached hydrogens (tertiary/aromatic N) is 1. The Balaban J connectivity index is 2.37. The van der Waals surface area contributed by atoms with Crippen LogP contribution in [-0.4, -0.2) is 23.3 Å². The van der Waals surface area contributed by atoms with Crippen LogP contribution in [0.4, 0.5) is 4.39 Å². The minimum atomic E-state index is -0.616. The second-order valence-electron chi connectivity index (χ2n) is 3.78. The molecular formula is C12H12FNO2. The van der Waals surface area contributed by atoms with Crippen LogP contribution in [0.1, 0.15) is 40.5 Å². The van der Waals surface area contributed by atoms with Gasteiger partial charge in [0.05, 0.1) is 11.1 Å². The summed E-state index contributed by atoms with van der Waals surface area (Å²) in [5.41, 5.74) is 0.102. The van der Waals surface area contributed by atoms with E-state index in [1.165, 1.54) is 18.2 Å². The molecule has 3 nitrogen and oxygen atoms in total. The van der Waals surface area contributed by atoms with Crippen LogP contribution in [0.5, 0.6) is 0 Å². The Kier molecular flexibility index (Phi) is 2.73. The highest BCUT2D eigenvalue weighted by Gasteiger charge is 2.36. The molecule has 1 aromatic rings. The molecule has 16 heavy (non-hydrogen) atoms. The van der Waals surface area contributed by atoms with Crippen molar-refractivity contribution in [2.75, 3.05) is 6.54 Å². The second-order valence-corrected chi connectivity index (χ2v) is 3.78. The SMILES string of the molecule is CCCCN1C(=O)c2cccc(F)c2C1=O. The predicted octanol–water partition coefficient (Wildman–Crippen LogP) is 2.22. The molecule has 1 aliphatic rings. The zero-order chi connectivity index (χ0) is 11.7. The molecule has 0 saturated carbocycles. The van der Waals surface area contributed by atoms with E-state index in [1.807, 2.05) is 6.92 Å². The van der Waals surface area contributed by atoms with Crippen LogP contribution in [0.3, 0.4) is 0 Å². The highest BCUT2D eigenvalue weighted by molar-refractivity contribution is 6.21. The molecule has 2 rings (SSSR count). The maximum atomic E-state index is 13.4. The highest BCUT2D eigenvalue weighted by Crippen LogP contribution is 2.25. The summed E-state index contributed by atoms with van der Waals surface area (Å²) in [4.78, 5) is 24.7. The summed E-state index contributed by atoms with van der Waals surface area (Å²) in [6, 6.07) is 4.14. The Bertz CT molecular complexity index is 456. The van der Waals surface area contributed by atoms with E-state index in [-0.39, 0.29) is 17.0 Å². The van der Waals surface area contributed by atoms with Crippen molar-refractivity contribution in [2.24, 2.45) is 0 Å². The van der Waals surface area contributed by atoms with Gasteiger partial charge in [0, 0.05) is 6.54 Å². The molecule has 0 aromatic heterocycles. The fourth-order valence-electron chi connectivity index (χ4n) is 1.81. The number of hydrogen-bond acceptors (Lipinski definition) is 2. The second kappa shape index (κ2) is 4.04. The third-order valence-corrected chi connectivity index (χ3v) is 2.68. The average Bonchev–Trinajstić information content (AvgIpc) is 2.51. The zero-order valence-electron chi connectivity index (χ0n) is 9.00. The molecule has 0 N–H and O–H groups in total. The van der Waals surface area contributed by atoms with Crippen molar-refractivity contribution < 1.29 is 14.0 Å². The predicted molar refractivity (Wildman–Crippen MR) is 56.7 cm³/mol. The van der Waals surface area contributed by atoms with Crippen LogP contribution in [0, 0.1) is 5.82 Å². The van der Waals surface area contributed by atoms with Gasteiger partial charge in [-0.25, -0.2) is 4.39 Å².